The van der Waals surface area contributed by atoms with E-state index in [2.05, 4.69) is 4.98 Å². The van der Waals surface area contributed by atoms with Crippen LogP contribution in [-0.4, -0.2) is 17.4 Å². The zero-order valence-electron chi connectivity index (χ0n) is 7.03. The van der Waals surface area contributed by atoms with Crippen LogP contribution in [0.4, 0.5) is 10.2 Å². The topological polar surface area (TPSA) is 33.2 Å². The van der Waals surface area contributed by atoms with Gasteiger partial charge in [-0.15, -0.1) is 0 Å². The van der Waals surface area contributed by atoms with Gasteiger partial charge >= 0.3 is 0 Å². The first-order valence-corrected chi connectivity index (χ1v) is 4.20. The normalized spacial score (nSPS) is 16.7. The van der Waals surface area contributed by atoms with Crippen LogP contribution in [0.15, 0.2) is 18.2 Å². The van der Waals surface area contributed by atoms with Crippen LogP contribution < -0.4 is 4.90 Å². The second kappa shape index (κ2) is 3.12. The summed E-state index contributed by atoms with van der Waals surface area (Å²) < 4.78 is 12.7. The Bertz CT molecular complexity index is 340. The highest BCUT2D eigenvalue weighted by Gasteiger charge is 2.22. The molecule has 0 N–H and O–H groups in total. The second-order valence-corrected chi connectivity index (χ2v) is 2.97. The van der Waals surface area contributed by atoms with Crippen LogP contribution in [0.25, 0.3) is 0 Å². The molecular formula is C9H9FN2O. The summed E-state index contributed by atoms with van der Waals surface area (Å²) in [6.07, 6.45) is 1.37. The molecule has 1 aliphatic rings. The maximum Gasteiger partial charge on any atom is 0.228 e. The van der Waals surface area contributed by atoms with E-state index in [0.717, 1.165) is 6.42 Å². The zero-order valence-corrected chi connectivity index (χ0v) is 7.03. The fraction of sp³-hybridized carbons (Fsp3) is 0.333. The van der Waals surface area contributed by atoms with E-state index in [9.17, 15) is 9.18 Å². The quantitative estimate of drug-likeness (QED) is 0.611. The minimum atomic E-state index is -0.544. The molecule has 1 amide bonds. The van der Waals surface area contributed by atoms with Crippen LogP contribution in [0.2, 0.25) is 0 Å². The maximum absolute atomic E-state index is 12.7. The third-order valence-electron chi connectivity index (χ3n) is 2.05. The number of rotatable bonds is 1. The van der Waals surface area contributed by atoms with Crippen molar-refractivity contribution in [3.05, 3.63) is 24.1 Å². The van der Waals surface area contributed by atoms with E-state index in [0.29, 0.717) is 18.8 Å². The number of aromatic nitrogens is 1. The van der Waals surface area contributed by atoms with Crippen LogP contribution in [0.5, 0.6) is 0 Å². The molecule has 68 valence electrons. The molecule has 2 heterocycles. The van der Waals surface area contributed by atoms with Crippen molar-refractivity contribution in [1.29, 1.82) is 0 Å². The molecule has 4 heteroatoms. The maximum atomic E-state index is 12.7. The van der Waals surface area contributed by atoms with Crippen molar-refractivity contribution in [1.82, 2.24) is 4.98 Å². The standard InChI is InChI=1S/C9H9FN2O/c10-7-3-1-4-8(11-7)12-6-2-5-9(12)13/h1,3-4H,2,5-6H2. The molecule has 0 aromatic carbocycles. The molecule has 1 aromatic heterocycles. The van der Waals surface area contributed by atoms with Crippen molar-refractivity contribution in [3.8, 4) is 0 Å². The van der Waals surface area contributed by atoms with Crippen LogP contribution in [0.1, 0.15) is 12.8 Å². The summed E-state index contributed by atoms with van der Waals surface area (Å²) >= 11 is 0. The van der Waals surface area contributed by atoms with Gasteiger partial charge in [0.05, 0.1) is 0 Å². The smallest absolute Gasteiger partial charge is 0.228 e. The predicted octanol–water partition coefficient (Wildman–Crippen LogP) is 1.35. The average Bonchev–Trinajstić information content (AvgIpc) is 2.51. The fourth-order valence-electron chi connectivity index (χ4n) is 1.44. The lowest BCUT2D eigenvalue weighted by atomic mass is 10.4. The molecule has 0 radical (unpaired) electrons. The Morgan fingerprint density at radius 1 is 1.46 bits per heavy atom. The number of halogens is 1. The summed E-state index contributed by atoms with van der Waals surface area (Å²) in [4.78, 5) is 16.4. The molecule has 13 heavy (non-hydrogen) atoms. The Morgan fingerprint density at radius 2 is 2.31 bits per heavy atom. The van der Waals surface area contributed by atoms with E-state index in [1.807, 2.05) is 0 Å². The number of anilines is 1. The Balaban J connectivity index is 2.29. The van der Waals surface area contributed by atoms with Crippen molar-refractivity contribution < 1.29 is 9.18 Å². The average molecular weight is 180 g/mol. The Morgan fingerprint density at radius 3 is 2.92 bits per heavy atom. The van der Waals surface area contributed by atoms with Crippen LogP contribution in [0.3, 0.4) is 0 Å². The van der Waals surface area contributed by atoms with Gasteiger partial charge in [0.15, 0.2) is 0 Å². The molecule has 0 aliphatic carbocycles. The highest BCUT2D eigenvalue weighted by atomic mass is 19.1. The lowest BCUT2D eigenvalue weighted by Crippen LogP contribution is -2.24. The van der Waals surface area contributed by atoms with Gasteiger partial charge in [-0.1, -0.05) is 6.07 Å². The summed E-state index contributed by atoms with van der Waals surface area (Å²) in [6, 6.07) is 4.47. The predicted molar refractivity (Wildman–Crippen MR) is 45.8 cm³/mol. The van der Waals surface area contributed by atoms with Crippen LogP contribution in [0, 0.1) is 5.95 Å². The number of hydrogen-bond donors (Lipinski definition) is 0. The molecule has 0 atom stereocenters. The molecule has 1 fully saturated rings. The van der Waals surface area contributed by atoms with Crippen molar-refractivity contribution in [2.24, 2.45) is 0 Å². The number of pyridine rings is 1. The summed E-state index contributed by atoms with van der Waals surface area (Å²) in [6.45, 7) is 0.648. The Kier molecular flexibility index (Phi) is 1.96. The van der Waals surface area contributed by atoms with Gasteiger partial charge in [0, 0.05) is 13.0 Å². The Hall–Kier alpha value is -1.45. The van der Waals surface area contributed by atoms with Crippen LogP contribution in [-0.2, 0) is 4.79 Å². The van der Waals surface area contributed by atoms with Crippen LogP contribution >= 0.6 is 0 Å². The molecule has 0 spiro atoms. The summed E-state index contributed by atoms with van der Waals surface area (Å²) in [7, 11) is 0. The number of hydrogen-bond acceptors (Lipinski definition) is 2. The van der Waals surface area contributed by atoms with Crippen molar-refractivity contribution in [2.45, 2.75) is 12.8 Å². The van der Waals surface area contributed by atoms with Gasteiger partial charge in [-0.3, -0.25) is 9.69 Å². The lowest BCUT2D eigenvalue weighted by Gasteiger charge is -2.13. The minimum absolute atomic E-state index is 0.0260. The lowest BCUT2D eigenvalue weighted by molar-refractivity contribution is -0.117. The molecule has 3 nitrogen and oxygen atoms in total. The first-order valence-electron chi connectivity index (χ1n) is 4.20. The molecule has 1 saturated heterocycles. The number of carbonyl (C=O) groups excluding carboxylic acids is 1. The fourth-order valence-corrected chi connectivity index (χ4v) is 1.44. The van der Waals surface area contributed by atoms with Gasteiger partial charge in [-0.2, -0.15) is 4.39 Å². The van der Waals surface area contributed by atoms with Crippen molar-refractivity contribution in [3.63, 3.8) is 0 Å². The molecule has 0 bridgehead atoms. The zero-order chi connectivity index (χ0) is 9.26. The molecular weight excluding hydrogens is 171 g/mol. The summed E-state index contributed by atoms with van der Waals surface area (Å²) in [5, 5.41) is 0. The molecule has 0 saturated carbocycles. The van der Waals surface area contributed by atoms with Gasteiger partial charge in [0.25, 0.3) is 0 Å². The Labute approximate surface area is 75.2 Å². The summed E-state index contributed by atoms with van der Waals surface area (Å²) in [5.74, 6) is -0.0993. The first-order chi connectivity index (χ1) is 6.27. The first kappa shape index (κ1) is 8.16. The van der Waals surface area contributed by atoms with E-state index in [4.69, 9.17) is 0 Å². The third-order valence-corrected chi connectivity index (χ3v) is 2.05. The number of amides is 1. The highest BCUT2D eigenvalue weighted by molar-refractivity contribution is 5.94. The van der Waals surface area contributed by atoms with E-state index in [1.54, 1.807) is 12.1 Å². The van der Waals surface area contributed by atoms with E-state index in [1.165, 1.54) is 11.0 Å². The monoisotopic (exact) mass is 180 g/mol. The number of carbonyl (C=O) groups is 1. The van der Waals surface area contributed by atoms with E-state index < -0.39 is 5.95 Å². The van der Waals surface area contributed by atoms with Gasteiger partial charge in [0.1, 0.15) is 5.82 Å². The van der Waals surface area contributed by atoms with Gasteiger partial charge in [-0.05, 0) is 18.6 Å². The molecule has 1 aliphatic heterocycles. The number of nitrogens with zero attached hydrogens (tertiary/aromatic N) is 2. The van der Waals surface area contributed by atoms with Gasteiger partial charge in [0.2, 0.25) is 11.9 Å². The van der Waals surface area contributed by atoms with E-state index in [-0.39, 0.29) is 5.91 Å². The second-order valence-electron chi connectivity index (χ2n) is 2.97. The molecule has 1 aromatic rings. The van der Waals surface area contributed by atoms with Crippen molar-refractivity contribution in [2.75, 3.05) is 11.4 Å². The SMILES string of the molecule is O=C1CCCN1c1cccc(F)n1. The van der Waals surface area contributed by atoms with E-state index >= 15 is 0 Å². The summed E-state index contributed by atoms with van der Waals surface area (Å²) in [5.41, 5.74) is 0. The largest absolute Gasteiger partial charge is 0.297 e. The third kappa shape index (κ3) is 1.52. The van der Waals surface area contributed by atoms with Crippen molar-refractivity contribution >= 4 is 11.7 Å². The van der Waals surface area contributed by atoms with Gasteiger partial charge < -0.3 is 0 Å². The van der Waals surface area contributed by atoms with Gasteiger partial charge in [-0.25, -0.2) is 4.98 Å². The molecule has 0 unspecified atom stereocenters. The highest BCUT2D eigenvalue weighted by Crippen LogP contribution is 2.18. The molecule has 2 rings (SSSR count). The minimum Gasteiger partial charge on any atom is -0.297 e.